The summed E-state index contributed by atoms with van der Waals surface area (Å²) in [4.78, 5) is 13.0. The molecular formula is C34H25N2O3+. The maximum atomic E-state index is 13.0. The predicted octanol–water partition coefficient (Wildman–Crippen LogP) is 7.44. The maximum absolute atomic E-state index is 13.0. The minimum Gasteiger partial charge on any atom is -0.456 e. The number of rotatable bonds is 7. The van der Waals surface area contributed by atoms with Crippen molar-refractivity contribution in [1.82, 2.24) is 4.57 Å². The Balaban J connectivity index is 1.30. The van der Waals surface area contributed by atoms with E-state index in [1.165, 1.54) is 0 Å². The number of fused-ring (bicyclic) bond motifs is 3. The van der Waals surface area contributed by atoms with E-state index in [-0.39, 0.29) is 12.3 Å². The van der Waals surface area contributed by atoms with Gasteiger partial charge in [0.1, 0.15) is 29.2 Å². The largest absolute Gasteiger partial charge is 0.456 e. The van der Waals surface area contributed by atoms with Crippen molar-refractivity contribution in [3.05, 3.63) is 145 Å². The molecule has 7 aromatic rings. The van der Waals surface area contributed by atoms with E-state index >= 15 is 0 Å². The third kappa shape index (κ3) is 4.34. The van der Waals surface area contributed by atoms with Crippen molar-refractivity contribution in [2.45, 2.75) is 13.1 Å². The van der Waals surface area contributed by atoms with E-state index in [1.807, 2.05) is 108 Å². The zero-order valence-corrected chi connectivity index (χ0v) is 21.2. The molecule has 0 saturated carbocycles. The highest BCUT2D eigenvalue weighted by molar-refractivity contribution is 5.95. The summed E-state index contributed by atoms with van der Waals surface area (Å²) >= 11 is 0. The Labute approximate surface area is 224 Å². The molecule has 0 fully saturated rings. The second-order valence-corrected chi connectivity index (χ2v) is 9.59. The number of para-hydroxylation sites is 4. The fourth-order valence-corrected chi connectivity index (χ4v) is 5.13. The first-order valence-corrected chi connectivity index (χ1v) is 13.0. The van der Waals surface area contributed by atoms with Crippen molar-refractivity contribution in [2.75, 3.05) is 0 Å². The zero-order chi connectivity index (χ0) is 26.2. The van der Waals surface area contributed by atoms with Gasteiger partial charge in [0.25, 0.3) is 0 Å². The van der Waals surface area contributed by atoms with Crippen molar-refractivity contribution in [1.29, 1.82) is 0 Å². The Morgan fingerprint density at radius 2 is 1.31 bits per heavy atom. The molecule has 0 unspecified atom stereocenters. The molecule has 0 spiro atoms. The minimum absolute atomic E-state index is 0.0734. The Hall–Kier alpha value is -5.16. The summed E-state index contributed by atoms with van der Waals surface area (Å²) in [6.07, 6.45) is 4.14. The van der Waals surface area contributed by atoms with Crippen LogP contribution in [0.5, 0.6) is 0 Å². The minimum atomic E-state index is 0.0734. The molecule has 39 heavy (non-hydrogen) atoms. The molecule has 0 amide bonds. The van der Waals surface area contributed by atoms with Gasteiger partial charge in [-0.1, -0.05) is 78.9 Å². The van der Waals surface area contributed by atoms with Crippen molar-refractivity contribution in [3.63, 3.8) is 0 Å². The molecule has 0 radical (unpaired) electrons. The summed E-state index contributed by atoms with van der Waals surface area (Å²) in [5.74, 6) is 1.57. The fraction of sp³-hybridized carbons (Fsp3) is 0.0588. The van der Waals surface area contributed by atoms with Crippen molar-refractivity contribution in [3.8, 4) is 0 Å². The topological polar surface area (TPSA) is 52.2 Å². The number of hydrogen-bond donors (Lipinski definition) is 0. The van der Waals surface area contributed by atoms with Crippen LogP contribution in [0, 0.1) is 0 Å². The number of Topliss-reactive ketones (excluding diaryl/α,β-unsaturated/α-hetero) is 1. The maximum Gasteiger partial charge on any atom is 0.245 e. The summed E-state index contributed by atoms with van der Waals surface area (Å²) in [5, 5.41) is 2.08. The highest BCUT2D eigenvalue weighted by Crippen LogP contribution is 2.33. The van der Waals surface area contributed by atoms with Crippen molar-refractivity contribution in [2.24, 2.45) is 0 Å². The lowest BCUT2D eigenvalue weighted by Gasteiger charge is -2.01. The number of furan rings is 2. The van der Waals surface area contributed by atoms with Gasteiger partial charge in [-0.05, 0) is 42.5 Å². The number of carbonyl (C=O) groups is 1. The molecule has 0 N–H and O–H groups in total. The average molecular weight is 510 g/mol. The molecule has 0 saturated heterocycles. The fourth-order valence-electron chi connectivity index (χ4n) is 5.13. The summed E-state index contributed by atoms with van der Waals surface area (Å²) in [7, 11) is 0. The van der Waals surface area contributed by atoms with E-state index in [9.17, 15) is 4.79 Å². The molecule has 188 valence electrons. The molecule has 3 heterocycles. The Bertz CT molecular complexity index is 1850. The third-order valence-electron chi connectivity index (χ3n) is 7.06. The Kier molecular flexibility index (Phi) is 5.67. The molecule has 0 atom stereocenters. The number of imidazole rings is 1. The molecule has 5 heteroatoms. The van der Waals surface area contributed by atoms with Gasteiger partial charge in [0.05, 0.1) is 5.57 Å². The number of carbonyl (C=O) groups excluding carboxylic acids is 1. The van der Waals surface area contributed by atoms with Gasteiger partial charge in [0.2, 0.25) is 12.1 Å². The monoisotopic (exact) mass is 509 g/mol. The molecule has 3 aromatic heterocycles. The first-order valence-electron chi connectivity index (χ1n) is 13.0. The van der Waals surface area contributed by atoms with E-state index in [4.69, 9.17) is 8.83 Å². The lowest BCUT2D eigenvalue weighted by molar-refractivity contribution is -0.657. The molecule has 0 bridgehead atoms. The van der Waals surface area contributed by atoms with Crippen LogP contribution in [0.3, 0.4) is 0 Å². The van der Waals surface area contributed by atoms with E-state index in [2.05, 4.69) is 28.8 Å². The van der Waals surface area contributed by atoms with Crippen LogP contribution in [0.1, 0.15) is 21.9 Å². The van der Waals surface area contributed by atoms with Crippen LogP contribution in [0.2, 0.25) is 0 Å². The second kappa shape index (κ2) is 9.62. The van der Waals surface area contributed by atoms with Crippen LogP contribution in [0.25, 0.3) is 38.5 Å². The number of allylic oxidation sites excluding steroid dienone is 1. The van der Waals surface area contributed by atoms with Gasteiger partial charge in [-0.25, -0.2) is 9.13 Å². The van der Waals surface area contributed by atoms with E-state index in [0.717, 1.165) is 50.1 Å². The average Bonchev–Trinajstić information content (AvgIpc) is 3.69. The van der Waals surface area contributed by atoms with Crippen LogP contribution < -0.4 is 4.57 Å². The zero-order valence-electron chi connectivity index (χ0n) is 21.2. The highest BCUT2D eigenvalue weighted by Gasteiger charge is 2.20. The standard InChI is InChI=1S/C34H25N2O3/c37-30(24-10-2-1-3-11-24)22-36-23-35(28-14-6-7-15-29(28)36)19-18-27(33-20-25-12-4-8-16-31(25)38-33)34-21-26-13-5-9-17-32(26)39-34/h1-18,20-21,23H,19,22H2/q+1. The smallest absolute Gasteiger partial charge is 0.245 e. The summed E-state index contributed by atoms with van der Waals surface area (Å²) in [6.45, 7) is 0.831. The van der Waals surface area contributed by atoms with E-state index in [0.29, 0.717) is 12.1 Å². The third-order valence-corrected chi connectivity index (χ3v) is 7.06. The summed E-state index contributed by atoms with van der Waals surface area (Å²) < 4.78 is 16.7. The van der Waals surface area contributed by atoms with E-state index in [1.54, 1.807) is 0 Å². The molecule has 7 rings (SSSR count). The predicted molar refractivity (Wildman–Crippen MR) is 152 cm³/mol. The van der Waals surface area contributed by atoms with Crippen LogP contribution in [-0.2, 0) is 13.1 Å². The molecule has 4 aromatic carbocycles. The van der Waals surface area contributed by atoms with Crippen molar-refractivity contribution >= 4 is 44.3 Å². The lowest BCUT2D eigenvalue weighted by atomic mass is 10.1. The molecule has 0 aliphatic rings. The molecule has 5 nitrogen and oxygen atoms in total. The number of ketones is 1. The SMILES string of the molecule is O=C(C[n+]1cn(CC=C(c2cc3ccccc3o2)c2cc3ccccc3o2)c2ccccc21)c1ccccc1. The summed E-state index contributed by atoms with van der Waals surface area (Å²) in [5.41, 5.74) is 5.30. The number of nitrogens with zero attached hydrogens (tertiary/aromatic N) is 2. The van der Waals surface area contributed by atoms with Gasteiger partial charge in [-0.3, -0.25) is 4.79 Å². The van der Waals surface area contributed by atoms with Crippen LogP contribution in [0.15, 0.2) is 136 Å². The second-order valence-electron chi connectivity index (χ2n) is 9.59. The van der Waals surface area contributed by atoms with Crippen molar-refractivity contribution < 1.29 is 18.2 Å². The number of hydrogen-bond acceptors (Lipinski definition) is 3. The van der Waals surface area contributed by atoms with E-state index < -0.39 is 0 Å². The van der Waals surface area contributed by atoms with Gasteiger partial charge in [-0.2, -0.15) is 0 Å². The van der Waals surface area contributed by atoms with Gasteiger partial charge >= 0.3 is 0 Å². The lowest BCUT2D eigenvalue weighted by Crippen LogP contribution is -2.36. The Morgan fingerprint density at radius 1 is 0.718 bits per heavy atom. The van der Waals surface area contributed by atoms with Gasteiger partial charge < -0.3 is 8.83 Å². The molecule has 0 aliphatic heterocycles. The quantitative estimate of drug-likeness (QED) is 0.166. The molecular weight excluding hydrogens is 484 g/mol. The molecule has 0 aliphatic carbocycles. The van der Waals surface area contributed by atoms with Crippen LogP contribution >= 0.6 is 0 Å². The number of benzene rings is 4. The van der Waals surface area contributed by atoms with Crippen LogP contribution in [0.4, 0.5) is 0 Å². The Morgan fingerprint density at radius 3 is 1.97 bits per heavy atom. The highest BCUT2D eigenvalue weighted by atomic mass is 16.4. The first-order chi connectivity index (χ1) is 19.2. The van der Waals surface area contributed by atoms with Gasteiger partial charge in [-0.15, -0.1) is 0 Å². The summed E-state index contributed by atoms with van der Waals surface area (Å²) in [6, 6.07) is 37.7. The van der Waals surface area contributed by atoms with Crippen LogP contribution in [-0.4, -0.2) is 10.4 Å². The van der Waals surface area contributed by atoms with Gasteiger partial charge in [0, 0.05) is 16.3 Å². The first kappa shape index (κ1) is 23.0. The van der Waals surface area contributed by atoms with Gasteiger partial charge in [0.15, 0.2) is 17.6 Å². The number of aromatic nitrogens is 2. The normalized spacial score (nSPS) is 11.4.